The van der Waals surface area contributed by atoms with Gasteiger partial charge < -0.3 is 10.5 Å². The number of benzene rings is 2. The quantitative estimate of drug-likeness (QED) is 0.617. The molecule has 0 spiro atoms. The van der Waals surface area contributed by atoms with Gasteiger partial charge in [-0.25, -0.2) is 8.42 Å². The summed E-state index contributed by atoms with van der Waals surface area (Å²) in [6.07, 6.45) is 0. The monoisotopic (exact) mass is 377 g/mol. The number of hydrogen-bond acceptors (Lipinski definition) is 5. The van der Waals surface area contributed by atoms with E-state index in [0.29, 0.717) is 5.69 Å². The Balaban J connectivity index is 2.39. The van der Waals surface area contributed by atoms with Crippen LogP contribution < -0.4 is 5.73 Å². The van der Waals surface area contributed by atoms with Gasteiger partial charge in [-0.05, 0) is 41.3 Å². The smallest absolute Gasteiger partial charge is 0.324 e. The number of nitrogens with zero attached hydrogens (tertiary/aromatic N) is 1. The van der Waals surface area contributed by atoms with E-state index in [2.05, 4.69) is 0 Å². The summed E-state index contributed by atoms with van der Waals surface area (Å²) < 4.78 is 39.3. The van der Waals surface area contributed by atoms with Gasteiger partial charge in [0.15, 0.2) is 0 Å². The number of methoxy groups -OCH3 is 1. The lowest BCUT2D eigenvalue weighted by molar-refractivity contribution is -0.146. The Morgan fingerprint density at radius 3 is 2.00 bits per heavy atom. The van der Waals surface area contributed by atoms with Crippen LogP contribution in [0.2, 0.25) is 0 Å². The zero-order chi connectivity index (χ0) is 20.2. The first-order valence-corrected chi connectivity index (χ1v) is 9.51. The fourth-order valence-electron chi connectivity index (χ4n) is 2.62. The second-order valence-electron chi connectivity index (χ2n) is 6.25. The second kappa shape index (κ2) is 7.88. The van der Waals surface area contributed by atoms with Gasteiger partial charge in [0.25, 0.3) is 0 Å². The van der Waals surface area contributed by atoms with Crippen molar-refractivity contribution < 1.29 is 19.3 Å². The van der Waals surface area contributed by atoms with Crippen molar-refractivity contribution in [3.05, 3.63) is 48.5 Å². The summed E-state index contributed by atoms with van der Waals surface area (Å²) in [5.41, 5.74) is 8.06. The molecule has 0 aliphatic carbocycles. The number of nitrogen functional groups attached to an aromatic ring is 1. The Morgan fingerprint density at radius 1 is 1.08 bits per heavy atom. The van der Waals surface area contributed by atoms with Crippen LogP contribution in [0.15, 0.2) is 53.4 Å². The fourth-order valence-corrected chi connectivity index (χ4v) is 4.00. The lowest BCUT2D eigenvalue weighted by Crippen LogP contribution is -2.46. The van der Waals surface area contributed by atoms with Gasteiger partial charge in [-0.2, -0.15) is 4.31 Å². The van der Waals surface area contributed by atoms with Crippen molar-refractivity contribution in [3.8, 4) is 11.1 Å². The van der Waals surface area contributed by atoms with Crippen molar-refractivity contribution in [2.75, 3.05) is 19.9 Å². The largest absolute Gasteiger partial charge is 0.468 e. The predicted octanol–water partition coefficient (Wildman–Crippen LogP) is 2.75. The molecule has 6 nitrogen and oxygen atoms in total. The molecule has 0 saturated heterocycles. The molecule has 140 valence electrons. The van der Waals surface area contributed by atoms with E-state index >= 15 is 0 Å². The van der Waals surface area contributed by atoms with E-state index in [1.807, 2.05) is 12.1 Å². The molecule has 2 rings (SSSR count). The summed E-state index contributed by atoms with van der Waals surface area (Å²) in [5.74, 6) is -1.02. The number of anilines is 1. The van der Waals surface area contributed by atoms with Gasteiger partial charge in [0, 0.05) is 14.1 Å². The van der Waals surface area contributed by atoms with E-state index in [0.717, 1.165) is 15.4 Å². The zero-order valence-electron chi connectivity index (χ0n) is 16.0. The van der Waals surface area contributed by atoms with Crippen molar-refractivity contribution >= 4 is 21.7 Å². The van der Waals surface area contributed by atoms with E-state index in [4.69, 9.17) is 11.8 Å². The van der Waals surface area contributed by atoms with Crippen LogP contribution in [-0.4, -0.2) is 38.9 Å². The van der Waals surface area contributed by atoms with E-state index < -0.39 is 29.1 Å². The summed E-state index contributed by atoms with van der Waals surface area (Å²) in [7, 11) is -3.41. The summed E-state index contributed by atoms with van der Waals surface area (Å²) >= 11 is 0. The lowest BCUT2D eigenvalue weighted by Gasteiger charge is -2.28. The highest BCUT2D eigenvalue weighted by Crippen LogP contribution is 2.25. The number of rotatable bonds is 6. The van der Waals surface area contributed by atoms with Gasteiger partial charge in [-0.15, -0.1) is 0 Å². The number of ether oxygens (including phenoxy) is 1. The van der Waals surface area contributed by atoms with Crippen LogP contribution in [0, 0.1) is 5.92 Å². The van der Waals surface area contributed by atoms with Crippen molar-refractivity contribution in [2.24, 2.45) is 5.92 Å². The molecule has 0 amide bonds. The normalized spacial score (nSPS) is 13.5. The molecule has 26 heavy (non-hydrogen) atoms. The molecule has 0 heterocycles. The predicted molar refractivity (Wildman–Crippen MR) is 102 cm³/mol. The highest BCUT2D eigenvalue weighted by molar-refractivity contribution is 7.89. The third-order valence-electron chi connectivity index (χ3n) is 4.09. The lowest BCUT2D eigenvalue weighted by atomic mass is 10.1. The Bertz CT molecular complexity index is 881. The van der Waals surface area contributed by atoms with Crippen LogP contribution in [0.3, 0.4) is 0 Å². The molecule has 0 bridgehead atoms. The summed E-state index contributed by atoms with van der Waals surface area (Å²) in [4.78, 5) is 12.1. The highest BCUT2D eigenvalue weighted by Gasteiger charge is 2.35. The Kier molecular flexibility index (Phi) is 5.58. The van der Waals surface area contributed by atoms with Crippen molar-refractivity contribution in [2.45, 2.75) is 24.8 Å². The molecule has 0 unspecified atom stereocenters. The van der Waals surface area contributed by atoms with Crippen molar-refractivity contribution in [1.82, 2.24) is 4.31 Å². The topological polar surface area (TPSA) is 89.7 Å². The maximum absolute atomic E-state index is 13.0. The Morgan fingerprint density at radius 2 is 1.58 bits per heavy atom. The average molecular weight is 377 g/mol. The Labute approximate surface area is 156 Å². The van der Waals surface area contributed by atoms with Crippen LogP contribution in [-0.2, 0) is 19.6 Å². The zero-order valence-corrected chi connectivity index (χ0v) is 15.9. The number of esters is 1. The minimum atomic E-state index is -4.03. The minimum Gasteiger partial charge on any atom is -0.468 e. The Hall–Kier alpha value is -2.38. The van der Waals surface area contributed by atoms with Gasteiger partial charge >= 0.3 is 5.97 Å². The summed E-state index contributed by atoms with van der Waals surface area (Å²) in [6.45, 7) is 3.42. The molecule has 0 aliphatic rings. The molecule has 0 fully saturated rings. The standard InChI is InChI=1S/C19H24N2O4S/c1-13(2)18(19(22)25-4)21(3)26(23,24)17-11-7-15(8-12-17)14-5-9-16(20)10-6-14/h5-13,18H,20H2,1-4H3/t18-/m0/s1/i3D. The third kappa shape index (κ3) is 4.05. The molecule has 0 radical (unpaired) electrons. The van der Waals surface area contributed by atoms with Gasteiger partial charge in [-0.1, -0.05) is 38.1 Å². The van der Waals surface area contributed by atoms with Gasteiger partial charge in [0.05, 0.1) is 12.0 Å². The second-order valence-corrected chi connectivity index (χ2v) is 8.14. The summed E-state index contributed by atoms with van der Waals surface area (Å²) in [6, 6.07) is 12.5. The van der Waals surface area contributed by atoms with Crippen LogP contribution >= 0.6 is 0 Å². The van der Waals surface area contributed by atoms with Crippen LogP contribution in [0.25, 0.3) is 11.1 Å². The van der Waals surface area contributed by atoms with Gasteiger partial charge in [0.1, 0.15) is 6.04 Å². The molecule has 1 atom stereocenters. The van der Waals surface area contributed by atoms with Crippen molar-refractivity contribution in [3.63, 3.8) is 0 Å². The van der Waals surface area contributed by atoms with E-state index in [1.165, 1.54) is 19.2 Å². The molecule has 0 aliphatic heterocycles. The molecule has 0 aromatic heterocycles. The number of carbonyl (C=O) groups excluding carboxylic acids is 1. The third-order valence-corrected chi connectivity index (χ3v) is 5.80. The van der Waals surface area contributed by atoms with Crippen LogP contribution in [0.4, 0.5) is 5.69 Å². The maximum Gasteiger partial charge on any atom is 0.324 e. The minimum absolute atomic E-state index is 0.0171. The molecule has 7 heteroatoms. The number of hydrogen-bond donors (Lipinski definition) is 1. The van der Waals surface area contributed by atoms with Crippen LogP contribution in [0.1, 0.15) is 15.2 Å². The fraction of sp³-hybridized carbons (Fsp3) is 0.316. The number of likely N-dealkylation sites (N-methyl/N-ethyl adjacent to an activating group) is 1. The van der Waals surface area contributed by atoms with Gasteiger partial charge in [-0.3, -0.25) is 4.79 Å². The number of sulfonamides is 1. The van der Waals surface area contributed by atoms with E-state index in [-0.39, 0.29) is 10.8 Å². The van der Waals surface area contributed by atoms with Gasteiger partial charge in [0.2, 0.25) is 10.0 Å². The first-order valence-electron chi connectivity index (χ1n) is 8.78. The average Bonchev–Trinajstić information content (AvgIpc) is 2.65. The van der Waals surface area contributed by atoms with E-state index in [1.54, 1.807) is 38.1 Å². The molecular weight excluding hydrogens is 352 g/mol. The molecule has 2 N–H and O–H groups in total. The maximum atomic E-state index is 13.0. The number of nitrogens with two attached hydrogens (primary N) is 1. The number of carbonyl (C=O) groups is 1. The van der Waals surface area contributed by atoms with Crippen LogP contribution in [0.5, 0.6) is 0 Å². The SMILES string of the molecule is [2H]CN([C@H](C(=O)OC)C(C)C)S(=O)(=O)c1ccc(-c2ccc(N)cc2)cc1. The van der Waals surface area contributed by atoms with Crippen molar-refractivity contribution in [1.29, 1.82) is 0 Å². The molecular formula is C19H24N2O4S. The molecule has 0 saturated carbocycles. The highest BCUT2D eigenvalue weighted by atomic mass is 32.2. The summed E-state index contributed by atoms with van der Waals surface area (Å²) in [5, 5.41) is 0. The molecule has 2 aromatic carbocycles. The van der Waals surface area contributed by atoms with E-state index in [9.17, 15) is 13.2 Å². The molecule has 2 aromatic rings. The first-order chi connectivity index (χ1) is 12.7. The first kappa shape index (κ1) is 18.4.